The van der Waals surface area contributed by atoms with Crippen molar-refractivity contribution in [3.8, 4) is 11.4 Å². The molecule has 0 aliphatic carbocycles. The predicted molar refractivity (Wildman–Crippen MR) is 111 cm³/mol. The number of hydrogen-bond acceptors (Lipinski definition) is 5. The minimum absolute atomic E-state index is 0.177. The summed E-state index contributed by atoms with van der Waals surface area (Å²) >= 11 is 5.83. The summed E-state index contributed by atoms with van der Waals surface area (Å²) in [4.78, 5) is 16.8. The van der Waals surface area contributed by atoms with E-state index in [4.69, 9.17) is 20.8 Å². The second-order valence-electron chi connectivity index (χ2n) is 6.94. The Balaban J connectivity index is 1.39. The number of halogens is 1. The third-order valence-corrected chi connectivity index (χ3v) is 5.26. The highest BCUT2D eigenvalue weighted by atomic mass is 35.5. The number of fused-ring (bicyclic) bond motifs is 3. The number of ether oxygens (including phenoxy) is 1. The molecule has 7 heteroatoms. The van der Waals surface area contributed by atoms with Crippen LogP contribution >= 0.6 is 11.6 Å². The average Bonchev–Trinajstić information content (AvgIpc) is 3.11. The van der Waals surface area contributed by atoms with Gasteiger partial charge < -0.3 is 14.5 Å². The Kier molecular flexibility index (Phi) is 4.58. The second-order valence-corrected chi connectivity index (χ2v) is 7.37. The van der Waals surface area contributed by atoms with Gasteiger partial charge in [-0.2, -0.15) is 0 Å². The molecule has 0 fully saturated rings. The molecule has 0 atom stereocenters. The number of rotatable bonds is 4. The molecule has 0 amide bonds. The Hall–Kier alpha value is -3.09. The third-order valence-electron chi connectivity index (χ3n) is 5.04. The largest absolute Gasteiger partial charge is 0.487 e. The topological polar surface area (TPSA) is 69.3 Å². The number of aromatic nitrogens is 2. The summed E-state index contributed by atoms with van der Waals surface area (Å²) in [5, 5.41) is 5.04. The van der Waals surface area contributed by atoms with Gasteiger partial charge in [0.15, 0.2) is 0 Å². The molecule has 0 saturated heterocycles. The highest BCUT2D eigenvalue weighted by Gasteiger charge is 2.17. The molecular formula is C22H18ClN3O3. The molecule has 5 rings (SSSR count). The first-order valence-corrected chi connectivity index (χ1v) is 9.76. The van der Waals surface area contributed by atoms with Crippen molar-refractivity contribution in [3.63, 3.8) is 0 Å². The van der Waals surface area contributed by atoms with Gasteiger partial charge in [-0.3, -0.25) is 14.3 Å². The van der Waals surface area contributed by atoms with Gasteiger partial charge in [0.25, 0.3) is 5.56 Å². The van der Waals surface area contributed by atoms with Gasteiger partial charge in [-0.15, -0.1) is 0 Å². The Morgan fingerprint density at radius 2 is 2.14 bits per heavy atom. The average molecular weight is 408 g/mol. The SMILES string of the molecule is O=c1cc(OCc2ccc(Cl)cn2)ccn1-c1ccc2c3c(oc2c1)CCNC3. The third kappa shape index (κ3) is 3.52. The van der Waals surface area contributed by atoms with Crippen LogP contribution in [0.1, 0.15) is 17.0 Å². The lowest BCUT2D eigenvalue weighted by Crippen LogP contribution is -2.22. The maximum absolute atomic E-state index is 12.6. The van der Waals surface area contributed by atoms with E-state index in [-0.39, 0.29) is 12.2 Å². The molecule has 4 heterocycles. The van der Waals surface area contributed by atoms with Gasteiger partial charge in [0.1, 0.15) is 23.7 Å². The minimum atomic E-state index is -0.177. The van der Waals surface area contributed by atoms with Crippen LogP contribution in [0.3, 0.4) is 0 Å². The predicted octanol–water partition coefficient (Wildman–Crippen LogP) is 3.86. The standard InChI is InChI=1S/C22H18ClN3O3/c23-14-1-2-15(25-11-14)13-28-17-6-8-26(22(27)10-17)16-3-4-18-19-12-24-7-5-20(19)29-21(18)9-16/h1-4,6,8-11,24H,5,7,12-13H2. The van der Waals surface area contributed by atoms with Crippen LogP contribution < -0.4 is 15.6 Å². The van der Waals surface area contributed by atoms with Crippen molar-refractivity contribution < 1.29 is 9.15 Å². The van der Waals surface area contributed by atoms with Gasteiger partial charge in [0.05, 0.1) is 16.4 Å². The molecule has 0 radical (unpaired) electrons. The van der Waals surface area contributed by atoms with Gasteiger partial charge in [-0.1, -0.05) is 11.6 Å². The lowest BCUT2D eigenvalue weighted by Gasteiger charge is -2.10. The normalized spacial score (nSPS) is 13.4. The molecule has 146 valence electrons. The van der Waals surface area contributed by atoms with Crippen LogP contribution in [0.5, 0.6) is 5.75 Å². The minimum Gasteiger partial charge on any atom is -0.487 e. The first-order chi connectivity index (χ1) is 14.2. The van der Waals surface area contributed by atoms with E-state index in [1.807, 2.05) is 18.2 Å². The molecule has 0 unspecified atom stereocenters. The lowest BCUT2D eigenvalue weighted by molar-refractivity contribution is 0.300. The number of nitrogens with one attached hydrogen (secondary N) is 1. The van der Waals surface area contributed by atoms with E-state index in [0.717, 1.165) is 47.6 Å². The molecule has 1 aliphatic rings. The van der Waals surface area contributed by atoms with Crippen molar-refractivity contribution in [3.05, 3.63) is 87.3 Å². The van der Waals surface area contributed by atoms with E-state index in [0.29, 0.717) is 10.8 Å². The molecule has 1 aromatic carbocycles. The molecule has 1 aliphatic heterocycles. The monoisotopic (exact) mass is 407 g/mol. The second kappa shape index (κ2) is 7.39. The zero-order valence-corrected chi connectivity index (χ0v) is 16.3. The molecule has 0 saturated carbocycles. The highest BCUT2D eigenvalue weighted by molar-refractivity contribution is 6.30. The molecule has 4 aromatic rings. The van der Waals surface area contributed by atoms with E-state index >= 15 is 0 Å². The summed E-state index contributed by atoms with van der Waals surface area (Å²) in [6.07, 6.45) is 4.16. The summed E-state index contributed by atoms with van der Waals surface area (Å²) in [5.41, 5.74) is 3.33. The number of benzene rings is 1. The fourth-order valence-corrected chi connectivity index (χ4v) is 3.67. The number of nitrogens with zero attached hydrogens (tertiary/aromatic N) is 2. The van der Waals surface area contributed by atoms with Crippen molar-refractivity contribution in [2.24, 2.45) is 0 Å². The molecule has 29 heavy (non-hydrogen) atoms. The van der Waals surface area contributed by atoms with Crippen molar-refractivity contribution in [1.82, 2.24) is 14.9 Å². The summed E-state index contributed by atoms with van der Waals surface area (Å²) in [6.45, 7) is 2.00. The summed E-state index contributed by atoms with van der Waals surface area (Å²) in [5.74, 6) is 1.52. The van der Waals surface area contributed by atoms with E-state index < -0.39 is 0 Å². The Morgan fingerprint density at radius 1 is 1.21 bits per heavy atom. The Labute approximate surface area is 171 Å². The van der Waals surface area contributed by atoms with E-state index in [1.165, 1.54) is 11.6 Å². The lowest BCUT2D eigenvalue weighted by atomic mass is 10.1. The molecular weight excluding hydrogens is 390 g/mol. The molecule has 3 aromatic heterocycles. The highest BCUT2D eigenvalue weighted by Crippen LogP contribution is 2.29. The molecule has 0 spiro atoms. The van der Waals surface area contributed by atoms with Gasteiger partial charge in [0, 0.05) is 55.0 Å². The van der Waals surface area contributed by atoms with Crippen molar-refractivity contribution in [1.29, 1.82) is 0 Å². The van der Waals surface area contributed by atoms with Crippen LogP contribution in [0.2, 0.25) is 5.02 Å². The first-order valence-electron chi connectivity index (χ1n) is 9.39. The number of hydrogen-bond donors (Lipinski definition) is 1. The number of furan rings is 1. The zero-order chi connectivity index (χ0) is 19.8. The molecule has 0 bridgehead atoms. The summed E-state index contributed by atoms with van der Waals surface area (Å²) < 4.78 is 13.3. The van der Waals surface area contributed by atoms with Crippen molar-refractivity contribution in [2.75, 3.05) is 6.54 Å². The quantitative estimate of drug-likeness (QED) is 0.556. The van der Waals surface area contributed by atoms with E-state index in [9.17, 15) is 4.79 Å². The van der Waals surface area contributed by atoms with Crippen LogP contribution in [-0.4, -0.2) is 16.1 Å². The van der Waals surface area contributed by atoms with E-state index in [1.54, 1.807) is 35.2 Å². The fourth-order valence-electron chi connectivity index (χ4n) is 3.56. The van der Waals surface area contributed by atoms with Crippen LogP contribution in [0.4, 0.5) is 0 Å². The maximum Gasteiger partial charge on any atom is 0.258 e. The first kappa shape index (κ1) is 18.0. The summed E-state index contributed by atoms with van der Waals surface area (Å²) in [6, 6.07) is 12.6. The van der Waals surface area contributed by atoms with E-state index in [2.05, 4.69) is 10.3 Å². The molecule has 1 N–H and O–H groups in total. The smallest absolute Gasteiger partial charge is 0.258 e. The number of pyridine rings is 2. The fraction of sp³-hybridized carbons (Fsp3) is 0.182. The van der Waals surface area contributed by atoms with Gasteiger partial charge in [-0.25, -0.2) is 0 Å². The van der Waals surface area contributed by atoms with Crippen molar-refractivity contribution >= 4 is 22.6 Å². The van der Waals surface area contributed by atoms with Gasteiger partial charge in [-0.05, 0) is 30.3 Å². The van der Waals surface area contributed by atoms with Crippen LogP contribution in [0.15, 0.2) is 64.1 Å². The van der Waals surface area contributed by atoms with Gasteiger partial charge in [0.2, 0.25) is 0 Å². The zero-order valence-electron chi connectivity index (χ0n) is 15.5. The van der Waals surface area contributed by atoms with Crippen LogP contribution in [0, 0.1) is 0 Å². The summed E-state index contributed by atoms with van der Waals surface area (Å²) in [7, 11) is 0. The van der Waals surface area contributed by atoms with Crippen molar-refractivity contribution in [2.45, 2.75) is 19.6 Å². The Morgan fingerprint density at radius 3 is 2.97 bits per heavy atom. The maximum atomic E-state index is 12.6. The van der Waals surface area contributed by atoms with Crippen LogP contribution in [-0.2, 0) is 19.6 Å². The Bertz CT molecular complexity index is 1240. The molecule has 6 nitrogen and oxygen atoms in total. The van der Waals surface area contributed by atoms with Crippen LogP contribution in [0.25, 0.3) is 16.7 Å². The van der Waals surface area contributed by atoms with Gasteiger partial charge >= 0.3 is 0 Å².